The zero-order valence-corrected chi connectivity index (χ0v) is 16.5. The summed E-state index contributed by atoms with van der Waals surface area (Å²) in [4.78, 5) is 26.3. The number of carbonyl (C=O) groups excluding carboxylic acids is 2. The fourth-order valence-electron chi connectivity index (χ4n) is 2.59. The molecule has 1 saturated carbocycles. The molecule has 148 valence electrons. The number of ether oxygens (including phenoxy) is 1. The first-order chi connectivity index (χ1) is 13.3. The highest BCUT2D eigenvalue weighted by Gasteiger charge is 2.28. The molecular weight excluding hydrogens is 380 g/mol. The molecule has 1 fully saturated rings. The third-order valence-corrected chi connectivity index (χ3v) is 5.94. The normalized spacial score (nSPS) is 14.9. The molecule has 0 saturated heterocycles. The average Bonchev–Trinajstić information content (AvgIpc) is 3.50. The topological polar surface area (TPSA) is 92.8 Å². The van der Waals surface area contributed by atoms with Gasteiger partial charge in [-0.3, -0.25) is 4.79 Å². The van der Waals surface area contributed by atoms with Gasteiger partial charge in [-0.05, 0) is 56.2 Å². The van der Waals surface area contributed by atoms with E-state index in [9.17, 15) is 18.0 Å². The van der Waals surface area contributed by atoms with E-state index in [0.29, 0.717) is 5.69 Å². The van der Waals surface area contributed by atoms with Crippen LogP contribution in [0.1, 0.15) is 30.1 Å². The van der Waals surface area contributed by atoms with Gasteiger partial charge < -0.3 is 9.64 Å². The van der Waals surface area contributed by atoms with Crippen LogP contribution in [-0.2, 0) is 19.6 Å². The highest BCUT2D eigenvalue weighted by Crippen LogP contribution is 2.22. The van der Waals surface area contributed by atoms with Crippen LogP contribution in [0.5, 0.6) is 0 Å². The van der Waals surface area contributed by atoms with Crippen LogP contribution in [0.4, 0.5) is 5.69 Å². The smallest absolute Gasteiger partial charge is 0.338 e. The number of benzene rings is 2. The molecule has 1 atom stereocenters. The Bertz CT molecular complexity index is 954. The Kier molecular flexibility index (Phi) is 5.81. The molecule has 2 aromatic carbocycles. The predicted octanol–water partition coefficient (Wildman–Crippen LogP) is 2.34. The number of anilines is 1. The lowest BCUT2D eigenvalue weighted by atomic mass is 10.2. The van der Waals surface area contributed by atoms with Crippen molar-refractivity contribution in [2.45, 2.75) is 36.8 Å². The van der Waals surface area contributed by atoms with Gasteiger partial charge >= 0.3 is 5.97 Å². The minimum Gasteiger partial charge on any atom is -0.449 e. The SMILES string of the molecule is CC(OC(=O)c1ccc(S(=O)(=O)NC2CC2)cc1)C(=O)N(C)c1ccccc1. The largest absolute Gasteiger partial charge is 0.449 e. The van der Waals surface area contributed by atoms with E-state index in [-0.39, 0.29) is 22.4 Å². The van der Waals surface area contributed by atoms with Gasteiger partial charge in [0.1, 0.15) is 0 Å². The molecule has 1 aliphatic carbocycles. The fourth-order valence-corrected chi connectivity index (χ4v) is 3.89. The Morgan fingerprint density at radius 1 is 1.07 bits per heavy atom. The van der Waals surface area contributed by atoms with E-state index in [1.54, 1.807) is 19.2 Å². The summed E-state index contributed by atoms with van der Waals surface area (Å²) >= 11 is 0. The number of hydrogen-bond donors (Lipinski definition) is 1. The second-order valence-corrected chi connectivity index (χ2v) is 8.41. The molecule has 0 radical (unpaired) electrons. The van der Waals surface area contributed by atoms with Gasteiger partial charge in [-0.15, -0.1) is 0 Å². The van der Waals surface area contributed by atoms with Gasteiger partial charge in [0.2, 0.25) is 10.0 Å². The number of rotatable bonds is 7. The highest BCUT2D eigenvalue weighted by molar-refractivity contribution is 7.89. The average molecular weight is 402 g/mol. The zero-order chi connectivity index (χ0) is 20.3. The molecule has 8 heteroatoms. The van der Waals surface area contributed by atoms with Gasteiger partial charge in [-0.1, -0.05) is 18.2 Å². The maximum Gasteiger partial charge on any atom is 0.338 e. The Morgan fingerprint density at radius 2 is 1.68 bits per heavy atom. The van der Waals surface area contributed by atoms with Crippen LogP contribution in [-0.4, -0.2) is 39.5 Å². The Hall–Kier alpha value is -2.71. The summed E-state index contributed by atoms with van der Waals surface area (Å²) in [7, 11) is -1.98. The van der Waals surface area contributed by atoms with E-state index in [1.165, 1.54) is 36.1 Å². The summed E-state index contributed by atoms with van der Waals surface area (Å²) in [5.74, 6) is -1.06. The van der Waals surface area contributed by atoms with Crippen LogP contribution in [0.25, 0.3) is 0 Å². The first kappa shape index (κ1) is 20.0. The molecule has 0 spiro atoms. The molecule has 0 aliphatic heterocycles. The molecular formula is C20H22N2O5S. The Balaban J connectivity index is 1.63. The first-order valence-corrected chi connectivity index (χ1v) is 10.4. The standard InChI is InChI=1S/C20H22N2O5S/c1-14(19(23)22(2)17-6-4-3-5-7-17)27-20(24)15-8-12-18(13-9-15)28(25,26)21-16-10-11-16/h3-9,12-14,16,21H,10-11H2,1-2H3. The zero-order valence-electron chi connectivity index (χ0n) is 15.7. The molecule has 3 rings (SSSR count). The van der Waals surface area contributed by atoms with Crippen LogP contribution in [0.2, 0.25) is 0 Å². The molecule has 28 heavy (non-hydrogen) atoms. The van der Waals surface area contributed by atoms with Crippen molar-refractivity contribution in [1.82, 2.24) is 4.72 Å². The molecule has 2 aromatic rings. The number of para-hydroxylation sites is 1. The van der Waals surface area contributed by atoms with E-state index in [4.69, 9.17) is 4.74 Å². The number of hydrogen-bond acceptors (Lipinski definition) is 5. The molecule has 1 amide bonds. The van der Waals surface area contributed by atoms with Crippen LogP contribution >= 0.6 is 0 Å². The van der Waals surface area contributed by atoms with E-state index in [0.717, 1.165) is 12.8 Å². The Morgan fingerprint density at radius 3 is 2.25 bits per heavy atom. The maximum absolute atomic E-state index is 12.5. The highest BCUT2D eigenvalue weighted by atomic mass is 32.2. The lowest BCUT2D eigenvalue weighted by molar-refractivity contribution is -0.126. The summed E-state index contributed by atoms with van der Waals surface area (Å²) in [5, 5.41) is 0. The minimum atomic E-state index is -3.58. The van der Waals surface area contributed by atoms with Crippen molar-refractivity contribution in [1.29, 1.82) is 0 Å². The number of amides is 1. The van der Waals surface area contributed by atoms with Crippen molar-refractivity contribution in [3.63, 3.8) is 0 Å². The Labute approximate surface area is 164 Å². The third kappa shape index (κ3) is 4.76. The van der Waals surface area contributed by atoms with Crippen molar-refractivity contribution < 1.29 is 22.7 Å². The van der Waals surface area contributed by atoms with Crippen LogP contribution in [0, 0.1) is 0 Å². The van der Waals surface area contributed by atoms with Gasteiger partial charge in [-0.25, -0.2) is 17.9 Å². The van der Waals surface area contributed by atoms with Crippen molar-refractivity contribution in [3.05, 3.63) is 60.2 Å². The number of likely N-dealkylation sites (N-methyl/N-ethyl adjacent to an activating group) is 1. The lowest BCUT2D eigenvalue weighted by Crippen LogP contribution is -2.37. The fraction of sp³-hybridized carbons (Fsp3) is 0.300. The van der Waals surface area contributed by atoms with Crippen molar-refractivity contribution in [2.24, 2.45) is 0 Å². The third-order valence-electron chi connectivity index (χ3n) is 4.41. The minimum absolute atomic E-state index is 0.00288. The number of nitrogens with one attached hydrogen (secondary N) is 1. The van der Waals surface area contributed by atoms with Crippen LogP contribution in [0.15, 0.2) is 59.5 Å². The van der Waals surface area contributed by atoms with Crippen LogP contribution < -0.4 is 9.62 Å². The quantitative estimate of drug-likeness (QED) is 0.718. The van der Waals surface area contributed by atoms with E-state index < -0.39 is 22.1 Å². The van der Waals surface area contributed by atoms with Crippen molar-refractivity contribution in [2.75, 3.05) is 11.9 Å². The van der Waals surface area contributed by atoms with E-state index >= 15 is 0 Å². The predicted molar refractivity (Wildman–Crippen MR) is 105 cm³/mol. The number of nitrogens with zero attached hydrogens (tertiary/aromatic N) is 1. The second-order valence-electron chi connectivity index (χ2n) is 6.70. The molecule has 1 unspecified atom stereocenters. The summed E-state index contributed by atoms with van der Waals surface area (Å²) in [6.45, 7) is 1.50. The monoisotopic (exact) mass is 402 g/mol. The lowest BCUT2D eigenvalue weighted by Gasteiger charge is -2.21. The summed E-state index contributed by atoms with van der Waals surface area (Å²) in [6, 6.07) is 14.5. The second kappa shape index (κ2) is 8.12. The number of carbonyl (C=O) groups is 2. The molecule has 0 aromatic heterocycles. The first-order valence-electron chi connectivity index (χ1n) is 8.94. The number of sulfonamides is 1. The van der Waals surface area contributed by atoms with Crippen LogP contribution in [0.3, 0.4) is 0 Å². The molecule has 0 bridgehead atoms. The molecule has 0 heterocycles. The molecule has 1 N–H and O–H groups in total. The maximum atomic E-state index is 12.5. The molecule has 7 nitrogen and oxygen atoms in total. The van der Waals surface area contributed by atoms with E-state index in [2.05, 4.69) is 4.72 Å². The van der Waals surface area contributed by atoms with Gasteiger partial charge in [0.15, 0.2) is 6.10 Å². The van der Waals surface area contributed by atoms with Gasteiger partial charge in [0.05, 0.1) is 10.5 Å². The van der Waals surface area contributed by atoms with Crippen molar-refractivity contribution >= 4 is 27.6 Å². The van der Waals surface area contributed by atoms with Gasteiger partial charge in [-0.2, -0.15) is 0 Å². The number of esters is 1. The summed E-state index contributed by atoms with van der Waals surface area (Å²) < 4.78 is 32.1. The van der Waals surface area contributed by atoms with Crippen molar-refractivity contribution in [3.8, 4) is 0 Å². The summed E-state index contributed by atoms with van der Waals surface area (Å²) in [5.41, 5.74) is 0.862. The van der Waals surface area contributed by atoms with Gasteiger partial charge in [0.25, 0.3) is 5.91 Å². The van der Waals surface area contributed by atoms with Gasteiger partial charge in [0, 0.05) is 18.8 Å². The van der Waals surface area contributed by atoms with E-state index in [1.807, 2.05) is 18.2 Å². The molecule has 1 aliphatic rings. The summed E-state index contributed by atoms with van der Waals surface area (Å²) in [6.07, 6.45) is 0.692.